The SMILES string of the molecule is CSc1nc(NCC[NH+]2CCOCC2)c2sc3nc(C(C)C)c4c(c3c2n1)CC(C)(C)OC4. The van der Waals surface area contributed by atoms with Crippen LogP contribution < -0.4 is 10.2 Å². The lowest BCUT2D eigenvalue weighted by molar-refractivity contribution is -0.906. The minimum absolute atomic E-state index is 0.193. The molecule has 0 spiro atoms. The number of nitrogens with one attached hydrogen (secondary N) is 2. The first-order chi connectivity index (χ1) is 15.9. The number of fused-ring (bicyclic) bond motifs is 5. The molecule has 2 aliphatic heterocycles. The molecule has 1 saturated heterocycles. The highest BCUT2D eigenvalue weighted by Crippen LogP contribution is 2.43. The summed E-state index contributed by atoms with van der Waals surface area (Å²) in [5.74, 6) is 1.28. The average Bonchev–Trinajstić information content (AvgIpc) is 3.17. The van der Waals surface area contributed by atoms with E-state index in [1.165, 1.54) is 16.5 Å². The second kappa shape index (κ2) is 9.26. The summed E-state index contributed by atoms with van der Waals surface area (Å²) in [5.41, 5.74) is 4.61. The number of hydrogen-bond acceptors (Lipinski definition) is 8. The van der Waals surface area contributed by atoms with Crippen molar-refractivity contribution in [3.8, 4) is 0 Å². The molecule has 0 atom stereocenters. The number of thioether (sulfide) groups is 1. The molecule has 5 rings (SSSR count). The number of morpholine rings is 1. The van der Waals surface area contributed by atoms with Crippen LogP contribution in [0.4, 0.5) is 5.82 Å². The molecule has 3 aromatic rings. The molecule has 178 valence electrons. The van der Waals surface area contributed by atoms with E-state index in [1.807, 2.05) is 6.26 Å². The number of anilines is 1. The van der Waals surface area contributed by atoms with Crippen molar-refractivity contribution in [1.82, 2.24) is 15.0 Å². The van der Waals surface area contributed by atoms with Gasteiger partial charge in [0.1, 0.15) is 23.7 Å². The maximum atomic E-state index is 6.20. The van der Waals surface area contributed by atoms with Crippen LogP contribution in [0.5, 0.6) is 0 Å². The Balaban J connectivity index is 1.60. The fourth-order valence-corrected chi connectivity index (χ4v) is 6.32. The first-order valence-electron chi connectivity index (χ1n) is 11.9. The van der Waals surface area contributed by atoms with E-state index in [0.717, 1.165) is 77.5 Å². The lowest BCUT2D eigenvalue weighted by Gasteiger charge is -2.33. The number of thiophene rings is 1. The van der Waals surface area contributed by atoms with Crippen LogP contribution in [0.25, 0.3) is 20.4 Å². The summed E-state index contributed by atoms with van der Waals surface area (Å²) >= 11 is 3.31. The van der Waals surface area contributed by atoms with Crippen molar-refractivity contribution >= 4 is 49.3 Å². The topological polar surface area (TPSA) is 73.6 Å². The van der Waals surface area contributed by atoms with Crippen molar-refractivity contribution in [1.29, 1.82) is 0 Å². The van der Waals surface area contributed by atoms with E-state index in [4.69, 9.17) is 24.4 Å². The fraction of sp³-hybridized carbons (Fsp3) is 0.625. The van der Waals surface area contributed by atoms with Gasteiger partial charge in [-0.25, -0.2) is 15.0 Å². The normalized spacial score (nSPS) is 18.8. The van der Waals surface area contributed by atoms with Crippen molar-refractivity contribution in [3.05, 3.63) is 16.8 Å². The second-order valence-corrected chi connectivity index (χ2v) is 11.7. The van der Waals surface area contributed by atoms with Crippen molar-refractivity contribution in [2.24, 2.45) is 0 Å². The molecule has 0 bridgehead atoms. The molecule has 2 N–H and O–H groups in total. The summed E-state index contributed by atoms with van der Waals surface area (Å²) in [7, 11) is 0. The third-order valence-corrected chi connectivity index (χ3v) is 8.23. The Morgan fingerprint density at radius 3 is 2.67 bits per heavy atom. The lowest BCUT2D eigenvalue weighted by atomic mass is 9.87. The summed E-state index contributed by atoms with van der Waals surface area (Å²) in [6.07, 6.45) is 2.91. The zero-order chi connectivity index (χ0) is 23.2. The minimum Gasteiger partial charge on any atom is -0.370 e. The van der Waals surface area contributed by atoms with E-state index in [2.05, 4.69) is 33.0 Å². The first-order valence-corrected chi connectivity index (χ1v) is 13.9. The Labute approximate surface area is 203 Å². The van der Waals surface area contributed by atoms with Gasteiger partial charge in [0.25, 0.3) is 0 Å². The highest BCUT2D eigenvalue weighted by molar-refractivity contribution is 7.98. The van der Waals surface area contributed by atoms with Gasteiger partial charge in [0, 0.05) is 17.4 Å². The zero-order valence-corrected chi connectivity index (χ0v) is 21.8. The van der Waals surface area contributed by atoms with Crippen LogP contribution in [0, 0.1) is 0 Å². The molecule has 0 amide bonds. The monoisotopic (exact) mass is 488 g/mol. The van der Waals surface area contributed by atoms with E-state index in [9.17, 15) is 0 Å². The Bertz CT molecular complexity index is 1170. The van der Waals surface area contributed by atoms with Gasteiger partial charge < -0.3 is 19.7 Å². The van der Waals surface area contributed by atoms with Gasteiger partial charge in [-0.15, -0.1) is 11.3 Å². The van der Waals surface area contributed by atoms with Gasteiger partial charge in [0.05, 0.1) is 54.4 Å². The van der Waals surface area contributed by atoms with Crippen molar-refractivity contribution in [2.45, 2.75) is 57.4 Å². The molecule has 0 aromatic carbocycles. The molecule has 1 fully saturated rings. The van der Waals surface area contributed by atoms with Crippen molar-refractivity contribution < 1.29 is 14.4 Å². The van der Waals surface area contributed by atoms with E-state index in [0.29, 0.717) is 12.5 Å². The zero-order valence-electron chi connectivity index (χ0n) is 20.2. The van der Waals surface area contributed by atoms with Crippen LogP contribution in [0.2, 0.25) is 0 Å². The average molecular weight is 489 g/mol. The molecular weight excluding hydrogens is 454 g/mol. The second-order valence-electron chi connectivity index (χ2n) is 9.89. The predicted octanol–water partition coefficient (Wildman–Crippen LogP) is 3.26. The molecule has 33 heavy (non-hydrogen) atoms. The van der Waals surface area contributed by atoms with Crippen LogP contribution in [0.1, 0.15) is 50.4 Å². The maximum absolute atomic E-state index is 6.20. The van der Waals surface area contributed by atoms with Crippen LogP contribution in [0.3, 0.4) is 0 Å². The summed E-state index contributed by atoms with van der Waals surface area (Å²) in [5, 5.41) is 5.64. The third kappa shape index (κ3) is 4.58. The quantitative estimate of drug-likeness (QED) is 0.408. The van der Waals surface area contributed by atoms with Gasteiger partial charge >= 0.3 is 0 Å². The smallest absolute Gasteiger partial charge is 0.189 e. The lowest BCUT2D eigenvalue weighted by Crippen LogP contribution is -3.14. The van der Waals surface area contributed by atoms with E-state index < -0.39 is 0 Å². The van der Waals surface area contributed by atoms with Crippen molar-refractivity contribution in [3.63, 3.8) is 0 Å². The molecule has 0 unspecified atom stereocenters. The van der Waals surface area contributed by atoms with E-state index >= 15 is 0 Å². The van der Waals surface area contributed by atoms with E-state index in [-0.39, 0.29) is 5.60 Å². The van der Waals surface area contributed by atoms with Crippen LogP contribution in [-0.2, 0) is 22.5 Å². The molecule has 5 heterocycles. The number of aromatic nitrogens is 3. The van der Waals surface area contributed by atoms with Gasteiger partial charge in [0.2, 0.25) is 0 Å². The molecule has 2 aliphatic rings. The summed E-state index contributed by atoms with van der Waals surface area (Å²) in [6, 6.07) is 0. The van der Waals surface area contributed by atoms with Gasteiger partial charge in [-0.3, -0.25) is 0 Å². The number of nitrogens with zero attached hydrogens (tertiary/aromatic N) is 3. The maximum Gasteiger partial charge on any atom is 0.189 e. The Morgan fingerprint density at radius 2 is 1.94 bits per heavy atom. The first kappa shape index (κ1) is 23.2. The summed E-state index contributed by atoms with van der Waals surface area (Å²) in [6.45, 7) is 15.2. The van der Waals surface area contributed by atoms with Gasteiger partial charge in [-0.1, -0.05) is 25.6 Å². The van der Waals surface area contributed by atoms with Crippen LogP contribution in [-0.4, -0.2) is 66.2 Å². The van der Waals surface area contributed by atoms with E-state index in [1.54, 1.807) is 28.0 Å². The van der Waals surface area contributed by atoms with Gasteiger partial charge in [0.15, 0.2) is 5.16 Å². The number of hydrogen-bond donors (Lipinski definition) is 2. The highest BCUT2D eigenvalue weighted by atomic mass is 32.2. The predicted molar refractivity (Wildman–Crippen MR) is 136 cm³/mol. The highest BCUT2D eigenvalue weighted by Gasteiger charge is 2.32. The Kier molecular flexibility index (Phi) is 6.52. The molecule has 7 nitrogen and oxygen atoms in total. The molecule has 0 aliphatic carbocycles. The van der Waals surface area contributed by atoms with Gasteiger partial charge in [-0.2, -0.15) is 0 Å². The number of rotatable bonds is 6. The molecule has 0 radical (unpaired) electrons. The summed E-state index contributed by atoms with van der Waals surface area (Å²) in [4.78, 5) is 17.6. The molecule has 9 heteroatoms. The minimum atomic E-state index is -0.193. The Morgan fingerprint density at radius 1 is 1.15 bits per heavy atom. The summed E-state index contributed by atoms with van der Waals surface area (Å²) < 4.78 is 12.8. The number of quaternary nitrogens is 1. The molecule has 3 aromatic heterocycles. The third-order valence-electron chi connectivity index (χ3n) is 6.60. The standard InChI is InChI=1S/C24H33N5O2S2/c1-14(2)18-16-13-31-24(3,4)12-15(16)17-19-20(33-22(17)26-18)21(28-23(27-19)32-5)25-6-7-29-8-10-30-11-9-29/h14H,6-13H2,1-5H3,(H,25,27,28)/p+1. The van der Waals surface area contributed by atoms with Crippen LogP contribution in [0.15, 0.2) is 5.16 Å². The molecular formula is C24H34N5O2S2+. The largest absolute Gasteiger partial charge is 0.370 e. The molecule has 0 saturated carbocycles. The number of ether oxygens (including phenoxy) is 2. The Hall–Kier alpha value is -1.52. The van der Waals surface area contributed by atoms with Crippen LogP contribution >= 0.6 is 23.1 Å². The van der Waals surface area contributed by atoms with Crippen molar-refractivity contribution in [2.75, 3.05) is 51.0 Å². The van der Waals surface area contributed by atoms with Gasteiger partial charge in [-0.05, 0) is 31.6 Å². The number of pyridine rings is 1. The fourth-order valence-electron chi connectivity index (χ4n) is 4.84.